The molecule has 0 aliphatic heterocycles. The van der Waals surface area contributed by atoms with Crippen LogP contribution in [-0.2, 0) is 16.7 Å². The molecule has 0 amide bonds. The number of fused-ring (bicyclic) bond motifs is 1. The Morgan fingerprint density at radius 3 is 2.07 bits per heavy atom. The number of aromatic carboxylic acids is 1. The number of esters is 1. The summed E-state index contributed by atoms with van der Waals surface area (Å²) in [5.74, 6) is -1.33. The molecule has 0 bridgehead atoms. The maximum absolute atomic E-state index is 14.0. The van der Waals surface area contributed by atoms with Gasteiger partial charge in [-0.25, -0.2) is 9.59 Å². The van der Waals surface area contributed by atoms with Gasteiger partial charge in [0.25, 0.3) is 0 Å². The molecule has 0 fully saturated rings. The monoisotopic (exact) mass is 573 g/mol. The molecule has 0 atom stereocenters. The summed E-state index contributed by atoms with van der Waals surface area (Å²) in [5, 5.41) is 10.5. The zero-order chi connectivity index (χ0) is 31.1. The molecule has 1 aromatic heterocycles. The van der Waals surface area contributed by atoms with Gasteiger partial charge in [-0.15, -0.1) is 0 Å². The third kappa shape index (κ3) is 6.26. The third-order valence-electron chi connectivity index (χ3n) is 7.72. The molecule has 5 aromatic rings. The Labute approximate surface area is 253 Å². The van der Waals surface area contributed by atoms with E-state index in [9.17, 15) is 14.7 Å². The van der Waals surface area contributed by atoms with Crippen LogP contribution in [0.3, 0.4) is 0 Å². The van der Waals surface area contributed by atoms with Crippen LogP contribution in [0.5, 0.6) is 0 Å². The molecule has 0 unspecified atom stereocenters. The largest absolute Gasteiger partial charge is 0.478 e. The van der Waals surface area contributed by atoms with Crippen LogP contribution >= 0.6 is 0 Å². The van der Waals surface area contributed by atoms with Crippen LogP contribution < -0.4 is 0 Å². The molecular weight excluding hydrogens is 534 g/mol. The normalized spacial score (nSPS) is 12.0. The average Bonchev–Trinajstić information content (AvgIpc) is 3.27. The van der Waals surface area contributed by atoms with Crippen molar-refractivity contribution in [1.29, 1.82) is 0 Å². The second-order valence-electron chi connectivity index (χ2n) is 13.2. The average molecular weight is 574 g/mol. The Morgan fingerprint density at radius 2 is 1.42 bits per heavy atom. The topological polar surface area (TPSA) is 68.5 Å². The number of aromatic nitrogens is 1. The highest BCUT2D eigenvalue weighted by atomic mass is 16.6. The van der Waals surface area contributed by atoms with Crippen molar-refractivity contribution in [3.8, 4) is 22.3 Å². The molecule has 4 aromatic carbocycles. The predicted octanol–water partition coefficient (Wildman–Crippen LogP) is 9.28. The number of carboxylic acids is 1. The van der Waals surface area contributed by atoms with Crippen LogP contribution in [-0.4, -0.2) is 27.2 Å². The van der Waals surface area contributed by atoms with E-state index in [-0.39, 0.29) is 16.9 Å². The highest BCUT2D eigenvalue weighted by molar-refractivity contribution is 6.09. The first-order valence-corrected chi connectivity index (χ1v) is 14.6. The van der Waals surface area contributed by atoms with Crippen LogP contribution in [0, 0.1) is 6.92 Å². The lowest BCUT2D eigenvalue weighted by molar-refractivity contribution is 0.00594. The maximum Gasteiger partial charge on any atom is 0.356 e. The smallest absolute Gasteiger partial charge is 0.356 e. The quantitative estimate of drug-likeness (QED) is 0.206. The van der Waals surface area contributed by atoms with Crippen molar-refractivity contribution in [3.05, 3.63) is 119 Å². The first-order valence-electron chi connectivity index (χ1n) is 14.6. The van der Waals surface area contributed by atoms with Crippen LogP contribution in [0.25, 0.3) is 33.2 Å². The summed E-state index contributed by atoms with van der Waals surface area (Å²) in [6.07, 6.45) is 0. The van der Waals surface area contributed by atoms with Gasteiger partial charge in [0.15, 0.2) is 0 Å². The van der Waals surface area contributed by atoms with Gasteiger partial charge in [-0.1, -0.05) is 87.5 Å². The molecule has 0 saturated carbocycles. The minimum absolute atomic E-state index is 0.00700. The summed E-state index contributed by atoms with van der Waals surface area (Å²) >= 11 is 0. The summed E-state index contributed by atoms with van der Waals surface area (Å²) in [4.78, 5) is 25.6. The highest BCUT2D eigenvalue weighted by Crippen LogP contribution is 2.38. The van der Waals surface area contributed by atoms with E-state index in [1.165, 1.54) is 5.56 Å². The molecule has 0 saturated heterocycles. The van der Waals surface area contributed by atoms with Crippen LogP contribution in [0.4, 0.5) is 0 Å². The molecular formula is C38H39NO4. The molecule has 0 spiro atoms. The number of nitrogens with zero attached hydrogens (tertiary/aromatic N) is 1. The van der Waals surface area contributed by atoms with E-state index in [2.05, 4.69) is 68.7 Å². The zero-order valence-electron chi connectivity index (χ0n) is 26.0. The third-order valence-corrected chi connectivity index (χ3v) is 7.72. The van der Waals surface area contributed by atoms with E-state index in [4.69, 9.17) is 4.74 Å². The van der Waals surface area contributed by atoms with Crippen molar-refractivity contribution in [2.24, 2.45) is 0 Å². The molecule has 0 radical (unpaired) electrons. The Kier molecular flexibility index (Phi) is 7.78. The summed E-state index contributed by atoms with van der Waals surface area (Å²) in [7, 11) is 0. The van der Waals surface area contributed by atoms with E-state index in [0.717, 1.165) is 44.3 Å². The van der Waals surface area contributed by atoms with E-state index < -0.39 is 11.6 Å². The van der Waals surface area contributed by atoms with Gasteiger partial charge in [0.1, 0.15) is 11.3 Å². The van der Waals surface area contributed by atoms with Crippen molar-refractivity contribution in [2.75, 3.05) is 0 Å². The van der Waals surface area contributed by atoms with Gasteiger partial charge >= 0.3 is 11.9 Å². The van der Waals surface area contributed by atoms with Gasteiger partial charge in [0.05, 0.1) is 5.56 Å². The Balaban J connectivity index is 1.70. The van der Waals surface area contributed by atoms with E-state index in [1.807, 2.05) is 57.2 Å². The van der Waals surface area contributed by atoms with E-state index in [0.29, 0.717) is 12.2 Å². The number of carbonyl (C=O) groups is 2. The first-order chi connectivity index (χ1) is 20.2. The molecule has 1 heterocycles. The molecule has 1 N–H and O–H groups in total. The van der Waals surface area contributed by atoms with E-state index >= 15 is 0 Å². The Hall–Kier alpha value is -4.64. The number of hydrogen-bond donors (Lipinski definition) is 1. The van der Waals surface area contributed by atoms with Gasteiger partial charge in [-0.05, 0) is 90.8 Å². The molecule has 0 aliphatic rings. The summed E-state index contributed by atoms with van der Waals surface area (Å²) in [6.45, 7) is 14.7. The standard InChI is InChI=1S/C38H39NO4/c1-24-15-16-27(26-11-10-12-28(21-26)35(40)41)22-29(24)23-39-32-14-9-8-13-31(32)33(34(39)36(42)43-38(5,6)7)25-17-19-30(20-18-25)37(2,3)4/h8-22H,23H2,1-7H3,(H,40,41). The van der Waals surface area contributed by atoms with Gasteiger partial charge in [0, 0.05) is 23.0 Å². The van der Waals surface area contributed by atoms with Crippen LogP contribution in [0.2, 0.25) is 0 Å². The molecule has 0 aliphatic carbocycles. The fourth-order valence-corrected chi connectivity index (χ4v) is 5.46. The number of benzene rings is 4. The second kappa shape index (κ2) is 11.2. The van der Waals surface area contributed by atoms with Gasteiger partial charge in [-0.2, -0.15) is 0 Å². The number of aryl methyl sites for hydroxylation is 1. The predicted molar refractivity (Wildman–Crippen MR) is 174 cm³/mol. The van der Waals surface area contributed by atoms with Crippen LogP contribution in [0.1, 0.15) is 79.1 Å². The molecule has 5 nitrogen and oxygen atoms in total. The molecule has 43 heavy (non-hydrogen) atoms. The number of rotatable bonds is 6. The number of para-hydroxylation sites is 1. The zero-order valence-corrected chi connectivity index (χ0v) is 26.0. The lowest BCUT2D eigenvalue weighted by Crippen LogP contribution is -2.26. The molecule has 5 heteroatoms. The lowest BCUT2D eigenvalue weighted by Gasteiger charge is -2.22. The Morgan fingerprint density at radius 1 is 0.767 bits per heavy atom. The summed E-state index contributed by atoms with van der Waals surface area (Å²) in [5.41, 5.74) is 7.90. The van der Waals surface area contributed by atoms with Crippen LogP contribution in [0.15, 0.2) is 91.0 Å². The van der Waals surface area contributed by atoms with Crippen molar-refractivity contribution in [2.45, 2.75) is 66.0 Å². The SMILES string of the molecule is Cc1ccc(-c2cccc(C(=O)O)c2)cc1Cn1c(C(=O)OC(C)(C)C)c(-c2ccc(C(C)(C)C)cc2)c2ccccc21. The lowest BCUT2D eigenvalue weighted by atomic mass is 9.86. The number of hydrogen-bond acceptors (Lipinski definition) is 3. The van der Waals surface area contributed by atoms with Crippen molar-refractivity contribution < 1.29 is 19.4 Å². The summed E-state index contributed by atoms with van der Waals surface area (Å²) < 4.78 is 8.08. The van der Waals surface area contributed by atoms with Crippen molar-refractivity contribution in [1.82, 2.24) is 4.57 Å². The number of ether oxygens (including phenoxy) is 1. The first kappa shape index (κ1) is 29.8. The second-order valence-corrected chi connectivity index (χ2v) is 13.2. The van der Waals surface area contributed by atoms with Crippen molar-refractivity contribution >= 4 is 22.8 Å². The fourth-order valence-electron chi connectivity index (χ4n) is 5.46. The van der Waals surface area contributed by atoms with Gasteiger partial charge in [-0.3, -0.25) is 0 Å². The number of carboxylic acid groups (broad SMARTS) is 1. The fraction of sp³-hybridized carbons (Fsp3) is 0.263. The Bertz CT molecular complexity index is 1830. The molecule has 5 rings (SSSR count). The minimum atomic E-state index is -0.960. The van der Waals surface area contributed by atoms with Gasteiger partial charge < -0.3 is 14.4 Å². The van der Waals surface area contributed by atoms with Gasteiger partial charge in [0.2, 0.25) is 0 Å². The van der Waals surface area contributed by atoms with E-state index in [1.54, 1.807) is 18.2 Å². The van der Waals surface area contributed by atoms with Crippen molar-refractivity contribution in [3.63, 3.8) is 0 Å². The number of carbonyl (C=O) groups excluding carboxylic acids is 1. The minimum Gasteiger partial charge on any atom is -0.478 e. The molecule has 220 valence electrons. The highest BCUT2D eigenvalue weighted by Gasteiger charge is 2.29. The summed E-state index contributed by atoms with van der Waals surface area (Å²) in [6, 6.07) is 29.7. The maximum atomic E-state index is 14.0.